The molecule has 0 fully saturated rings. The summed E-state index contributed by atoms with van der Waals surface area (Å²) in [6.07, 6.45) is -0.978. The lowest BCUT2D eigenvalue weighted by atomic mass is 10.3. The van der Waals surface area contributed by atoms with Crippen LogP contribution in [-0.4, -0.2) is 33.3 Å². The summed E-state index contributed by atoms with van der Waals surface area (Å²) in [5.41, 5.74) is 0. The molecule has 0 bridgehead atoms. The van der Waals surface area contributed by atoms with E-state index in [0.29, 0.717) is 0 Å². The predicted molar refractivity (Wildman–Crippen MR) is 40.3 cm³/mol. The highest BCUT2D eigenvalue weighted by Crippen LogP contribution is 2.03. The molecule has 0 rings (SSSR count). The Kier molecular flexibility index (Phi) is 4.09. The third-order valence-corrected chi connectivity index (χ3v) is 1.74. The Morgan fingerprint density at radius 1 is 1.67 bits per heavy atom. The minimum Gasteiger partial charge on any atom is -0.480 e. The molecule has 9 heavy (non-hydrogen) atoms. The Morgan fingerprint density at radius 2 is 2.11 bits per heavy atom. The highest BCUT2D eigenvalue weighted by molar-refractivity contribution is 7.82. The molecule has 0 aromatic carbocycles. The number of thiol groups is 2. The van der Waals surface area contributed by atoms with Gasteiger partial charge in [0, 0.05) is 5.75 Å². The zero-order chi connectivity index (χ0) is 7.44. The number of carboxylic acid groups (broad SMARTS) is 1. The van der Waals surface area contributed by atoms with Gasteiger partial charge < -0.3 is 10.2 Å². The van der Waals surface area contributed by atoms with Gasteiger partial charge in [0.2, 0.25) is 0 Å². The van der Waals surface area contributed by atoms with E-state index < -0.39 is 17.3 Å². The summed E-state index contributed by atoms with van der Waals surface area (Å²) in [6, 6.07) is 0. The summed E-state index contributed by atoms with van der Waals surface area (Å²) in [5, 5.41) is 16.0. The number of rotatable bonds is 3. The van der Waals surface area contributed by atoms with Gasteiger partial charge in [0.05, 0.1) is 6.10 Å². The van der Waals surface area contributed by atoms with Crippen LogP contribution in [0.2, 0.25) is 0 Å². The molecule has 0 aliphatic heterocycles. The van der Waals surface area contributed by atoms with Crippen LogP contribution < -0.4 is 0 Å². The van der Waals surface area contributed by atoms with Gasteiger partial charge in [-0.15, -0.1) is 0 Å². The molecule has 0 saturated carbocycles. The van der Waals surface area contributed by atoms with Crippen LogP contribution in [0.4, 0.5) is 0 Å². The fourth-order valence-electron chi connectivity index (χ4n) is 0.264. The minimum absolute atomic E-state index is 0.112. The first-order valence-corrected chi connectivity index (χ1v) is 3.44. The van der Waals surface area contributed by atoms with Crippen molar-refractivity contribution in [3.8, 4) is 0 Å². The first-order valence-electron chi connectivity index (χ1n) is 2.29. The summed E-state index contributed by atoms with van der Waals surface area (Å²) in [6.45, 7) is 0. The number of carbonyl (C=O) groups is 1. The molecule has 0 aromatic rings. The van der Waals surface area contributed by atoms with E-state index in [9.17, 15) is 4.79 Å². The van der Waals surface area contributed by atoms with Crippen molar-refractivity contribution in [3.63, 3.8) is 0 Å². The average Bonchev–Trinajstić information content (AvgIpc) is 1.84. The van der Waals surface area contributed by atoms with E-state index in [2.05, 4.69) is 25.3 Å². The summed E-state index contributed by atoms with van der Waals surface area (Å²) in [5.74, 6) is -1.01. The van der Waals surface area contributed by atoms with Crippen LogP contribution in [0.5, 0.6) is 0 Å². The third-order valence-electron chi connectivity index (χ3n) is 0.805. The lowest BCUT2D eigenvalue weighted by Gasteiger charge is -2.09. The molecule has 3 nitrogen and oxygen atoms in total. The quantitative estimate of drug-likeness (QED) is 0.436. The van der Waals surface area contributed by atoms with Crippen LogP contribution in [-0.2, 0) is 4.79 Å². The molecule has 0 saturated heterocycles. The normalized spacial score (nSPS) is 16.8. The Bertz CT molecular complexity index is 106. The molecule has 0 amide bonds. The van der Waals surface area contributed by atoms with Crippen molar-refractivity contribution in [2.24, 2.45) is 0 Å². The highest BCUT2D eigenvalue weighted by Gasteiger charge is 2.20. The molecule has 0 aliphatic carbocycles. The van der Waals surface area contributed by atoms with Gasteiger partial charge in [0.15, 0.2) is 0 Å². The van der Waals surface area contributed by atoms with Crippen LogP contribution in [0, 0.1) is 0 Å². The maximum absolute atomic E-state index is 10.0. The minimum atomic E-state index is -1.13. The smallest absolute Gasteiger partial charge is 0.319 e. The van der Waals surface area contributed by atoms with E-state index in [-0.39, 0.29) is 5.75 Å². The van der Waals surface area contributed by atoms with Crippen molar-refractivity contribution in [2.45, 2.75) is 11.4 Å². The van der Waals surface area contributed by atoms with Gasteiger partial charge in [-0.1, -0.05) is 0 Å². The van der Waals surface area contributed by atoms with Crippen molar-refractivity contribution in [1.82, 2.24) is 0 Å². The van der Waals surface area contributed by atoms with E-state index in [4.69, 9.17) is 10.2 Å². The topological polar surface area (TPSA) is 57.5 Å². The number of aliphatic carboxylic acids is 1. The summed E-state index contributed by atoms with van der Waals surface area (Å²) < 4.78 is 0. The van der Waals surface area contributed by atoms with E-state index in [1.165, 1.54) is 0 Å². The van der Waals surface area contributed by atoms with Crippen molar-refractivity contribution in [2.75, 3.05) is 5.75 Å². The van der Waals surface area contributed by atoms with Gasteiger partial charge in [0.1, 0.15) is 5.25 Å². The lowest BCUT2D eigenvalue weighted by Crippen LogP contribution is -2.30. The van der Waals surface area contributed by atoms with Gasteiger partial charge in [-0.05, 0) is 0 Å². The second kappa shape index (κ2) is 4.03. The fourth-order valence-corrected chi connectivity index (χ4v) is 0.747. The molecule has 0 heterocycles. The van der Waals surface area contributed by atoms with Crippen molar-refractivity contribution in [3.05, 3.63) is 0 Å². The zero-order valence-corrected chi connectivity index (χ0v) is 6.35. The second-order valence-corrected chi connectivity index (χ2v) is 2.45. The summed E-state index contributed by atoms with van der Waals surface area (Å²) in [4.78, 5) is 10.0. The second-order valence-electron chi connectivity index (χ2n) is 1.53. The van der Waals surface area contributed by atoms with E-state index >= 15 is 0 Å². The van der Waals surface area contributed by atoms with E-state index in [1.807, 2.05) is 0 Å². The van der Waals surface area contributed by atoms with Crippen molar-refractivity contribution in [1.29, 1.82) is 0 Å². The Hall–Kier alpha value is 0.130. The molecule has 2 atom stereocenters. The van der Waals surface area contributed by atoms with E-state index in [0.717, 1.165) is 0 Å². The first-order chi connectivity index (χ1) is 4.09. The molecule has 2 N–H and O–H groups in total. The zero-order valence-electron chi connectivity index (χ0n) is 4.56. The first kappa shape index (κ1) is 9.13. The number of hydrogen-bond acceptors (Lipinski definition) is 4. The molecular formula is C4H8O3S2. The van der Waals surface area contributed by atoms with Gasteiger partial charge in [0.25, 0.3) is 0 Å². The molecule has 0 radical (unpaired) electrons. The van der Waals surface area contributed by atoms with Crippen LogP contribution in [0.1, 0.15) is 0 Å². The Morgan fingerprint density at radius 3 is 2.22 bits per heavy atom. The number of hydrogen-bond donors (Lipinski definition) is 4. The molecule has 2 unspecified atom stereocenters. The van der Waals surface area contributed by atoms with Gasteiger partial charge >= 0.3 is 5.97 Å². The molecule has 0 spiro atoms. The average molecular weight is 168 g/mol. The maximum atomic E-state index is 10.0. The van der Waals surface area contributed by atoms with Gasteiger partial charge in [-0.3, -0.25) is 4.79 Å². The fraction of sp³-hybridized carbons (Fsp3) is 0.750. The SMILES string of the molecule is O=C(O)C(S)C(O)CS. The predicted octanol–water partition coefficient (Wildman–Crippen LogP) is -0.340. The molecule has 5 heteroatoms. The van der Waals surface area contributed by atoms with Crippen LogP contribution in [0.25, 0.3) is 0 Å². The maximum Gasteiger partial charge on any atom is 0.319 e. The standard InChI is InChI=1S/C4H8O3S2/c5-2(1-8)3(9)4(6)7/h2-3,5,8-9H,1H2,(H,6,7). The summed E-state index contributed by atoms with van der Waals surface area (Å²) in [7, 11) is 0. The Balaban J connectivity index is 3.72. The van der Waals surface area contributed by atoms with Gasteiger partial charge in [-0.25, -0.2) is 0 Å². The Labute approximate surface area is 63.9 Å². The van der Waals surface area contributed by atoms with Crippen LogP contribution in [0.3, 0.4) is 0 Å². The van der Waals surface area contributed by atoms with Crippen LogP contribution in [0.15, 0.2) is 0 Å². The number of aliphatic hydroxyl groups excluding tert-OH is 1. The lowest BCUT2D eigenvalue weighted by molar-refractivity contribution is -0.138. The monoisotopic (exact) mass is 168 g/mol. The molecule has 0 aromatic heterocycles. The van der Waals surface area contributed by atoms with Crippen molar-refractivity contribution < 1.29 is 15.0 Å². The molecule has 0 aliphatic rings. The van der Waals surface area contributed by atoms with Gasteiger partial charge in [-0.2, -0.15) is 25.3 Å². The van der Waals surface area contributed by atoms with Crippen molar-refractivity contribution >= 4 is 31.2 Å². The third kappa shape index (κ3) is 2.98. The molecule has 54 valence electrons. The number of carboxylic acids is 1. The molecular weight excluding hydrogens is 160 g/mol. The largest absolute Gasteiger partial charge is 0.480 e. The van der Waals surface area contributed by atoms with Crippen LogP contribution >= 0.6 is 25.3 Å². The highest BCUT2D eigenvalue weighted by atomic mass is 32.1. The number of aliphatic hydroxyl groups is 1. The summed E-state index contributed by atoms with van der Waals surface area (Å²) >= 11 is 7.29. The van der Waals surface area contributed by atoms with E-state index in [1.54, 1.807) is 0 Å².